The quantitative estimate of drug-likeness (QED) is 0.622. The van der Waals surface area contributed by atoms with Crippen molar-refractivity contribution in [1.82, 2.24) is 9.47 Å². The molecule has 2 aliphatic rings. The van der Waals surface area contributed by atoms with Crippen molar-refractivity contribution in [2.75, 3.05) is 13.1 Å². The summed E-state index contributed by atoms with van der Waals surface area (Å²) in [7, 11) is 0. The lowest BCUT2D eigenvalue weighted by Gasteiger charge is -2.42. The minimum atomic E-state index is -0.335. The number of likely N-dealkylation sites (tertiary alicyclic amines) is 1. The van der Waals surface area contributed by atoms with Gasteiger partial charge in [0.25, 0.3) is 5.56 Å². The van der Waals surface area contributed by atoms with E-state index in [1.807, 2.05) is 29.7 Å². The minimum Gasteiger partial charge on any atom is -0.423 e. The Balaban J connectivity index is 1.49. The molecule has 3 aromatic rings. The van der Waals surface area contributed by atoms with E-state index in [4.69, 9.17) is 16.0 Å². The van der Waals surface area contributed by atoms with Crippen molar-refractivity contribution in [2.24, 2.45) is 5.92 Å². The van der Waals surface area contributed by atoms with E-state index in [0.717, 1.165) is 48.3 Å². The molecule has 2 bridgehead atoms. The van der Waals surface area contributed by atoms with Gasteiger partial charge in [-0.1, -0.05) is 17.7 Å². The number of aryl methyl sites for hydroxylation is 1. The fraction of sp³-hybridized carbons (Fsp3) is 0.364. The number of nitrogens with zero attached hydrogens (tertiary/aromatic N) is 2. The Labute approximate surface area is 167 Å². The van der Waals surface area contributed by atoms with Gasteiger partial charge in [-0.25, -0.2) is 4.79 Å². The molecule has 0 N–H and O–H groups in total. The van der Waals surface area contributed by atoms with E-state index in [2.05, 4.69) is 11.0 Å². The van der Waals surface area contributed by atoms with E-state index in [0.29, 0.717) is 29.0 Å². The molecule has 0 radical (unpaired) electrons. The summed E-state index contributed by atoms with van der Waals surface area (Å²) in [5.74, 6) is 0.794. The van der Waals surface area contributed by atoms with Gasteiger partial charge in [0.1, 0.15) is 5.58 Å². The fourth-order valence-corrected chi connectivity index (χ4v) is 5.01. The molecule has 2 aromatic heterocycles. The summed E-state index contributed by atoms with van der Waals surface area (Å²) < 4.78 is 7.33. The van der Waals surface area contributed by atoms with Crippen LogP contribution in [0.1, 0.15) is 29.2 Å². The van der Waals surface area contributed by atoms with E-state index >= 15 is 0 Å². The Hall–Kier alpha value is -2.37. The summed E-state index contributed by atoms with van der Waals surface area (Å²) in [5.41, 5.74) is 3.31. The zero-order chi connectivity index (χ0) is 19.4. The Morgan fingerprint density at radius 3 is 2.86 bits per heavy atom. The maximum Gasteiger partial charge on any atom is 0.336 e. The van der Waals surface area contributed by atoms with Crippen LogP contribution in [0.5, 0.6) is 0 Å². The zero-order valence-corrected chi connectivity index (χ0v) is 16.4. The van der Waals surface area contributed by atoms with Crippen LogP contribution in [-0.2, 0) is 13.1 Å². The summed E-state index contributed by atoms with van der Waals surface area (Å²) in [6, 6.07) is 10.9. The predicted octanol–water partition coefficient (Wildman–Crippen LogP) is 3.54. The Morgan fingerprint density at radius 1 is 1.14 bits per heavy atom. The molecular weight excluding hydrogens is 376 g/mol. The van der Waals surface area contributed by atoms with Gasteiger partial charge in [-0.15, -0.1) is 0 Å². The van der Waals surface area contributed by atoms with Crippen molar-refractivity contribution < 1.29 is 4.42 Å². The van der Waals surface area contributed by atoms with Crippen LogP contribution in [0.25, 0.3) is 11.0 Å². The number of fused-ring (bicyclic) bond motifs is 5. The summed E-state index contributed by atoms with van der Waals surface area (Å²) in [5, 5.41) is 1.56. The molecule has 0 aliphatic carbocycles. The number of hydrogen-bond donors (Lipinski definition) is 0. The maximum atomic E-state index is 12.2. The third-order valence-electron chi connectivity index (χ3n) is 6.06. The van der Waals surface area contributed by atoms with Gasteiger partial charge in [0, 0.05) is 60.3 Å². The molecule has 1 saturated heterocycles. The molecule has 2 unspecified atom stereocenters. The van der Waals surface area contributed by atoms with E-state index < -0.39 is 0 Å². The van der Waals surface area contributed by atoms with Gasteiger partial charge in [0.15, 0.2) is 0 Å². The molecule has 5 nitrogen and oxygen atoms in total. The number of benzene rings is 1. The molecule has 1 aromatic carbocycles. The van der Waals surface area contributed by atoms with Crippen LogP contribution in [0.2, 0.25) is 5.02 Å². The monoisotopic (exact) mass is 396 g/mol. The van der Waals surface area contributed by atoms with Crippen molar-refractivity contribution in [2.45, 2.75) is 32.4 Å². The fourth-order valence-electron chi connectivity index (χ4n) is 4.84. The molecular formula is C22H21ClN2O3. The van der Waals surface area contributed by atoms with Gasteiger partial charge in [0.05, 0.1) is 0 Å². The summed E-state index contributed by atoms with van der Waals surface area (Å²) >= 11 is 6.33. The first kappa shape index (κ1) is 17.7. The molecule has 0 spiro atoms. The smallest absolute Gasteiger partial charge is 0.336 e. The van der Waals surface area contributed by atoms with Crippen LogP contribution < -0.4 is 11.2 Å². The Morgan fingerprint density at radius 2 is 2.00 bits per heavy atom. The lowest BCUT2D eigenvalue weighted by molar-refractivity contribution is 0.114. The Kier molecular flexibility index (Phi) is 4.18. The predicted molar refractivity (Wildman–Crippen MR) is 109 cm³/mol. The molecule has 144 valence electrons. The van der Waals surface area contributed by atoms with Crippen LogP contribution in [0.4, 0.5) is 0 Å². The maximum absolute atomic E-state index is 12.2. The molecule has 1 fully saturated rings. The van der Waals surface area contributed by atoms with Crippen LogP contribution in [0.15, 0.2) is 50.4 Å². The highest BCUT2D eigenvalue weighted by molar-refractivity contribution is 6.32. The van der Waals surface area contributed by atoms with E-state index in [1.165, 1.54) is 0 Å². The second-order valence-electron chi connectivity index (χ2n) is 8.08. The van der Waals surface area contributed by atoms with E-state index in [9.17, 15) is 9.59 Å². The third kappa shape index (κ3) is 2.99. The van der Waals surface area contributed by atoms with Crippen molar-refractivity contribution in [3.63, 3.8) is 0 Å². The second kappa shape index (κ2) is 6.61. The van der Waals surface area contributed by atoms with Gasteiger partial charge < -0.3 is 8.98 Å². The summed E-state index contributed by atoms with van der Waals surface area (Å²) in [6.07, 6.45) is 1.11. The van der Waals surface area contributed by atoms with Crippen LogP contribution in [0, 0.1) is 12.8 Å². The highest BCUT2D eigenvalue weighted by atomic mass is 35.5. The van der Waals surface area contributed by atoms with Crippen LogP contribution >= 0.6 is 11.6 Å². The average Bonchev–Trinajstić information content (AvgIpc) is 2.64. The number of hydrogen-bond acceptors (Lipinski definition) is 4. The van der Waals surface area contributed by atoms with Crippen molar-refractivity contribution >= 4 is 22.6 Å². The number of pyridine rings is 1. The standard InChI is InChI=1S/C22H21ClN2O3/c1-13-5-20-17(8-18(13)23)15(7-22(27)28-20)11-24-9-14-6-16(12-24)19-3-2-4-21(26)25(19)10-14/h2-5,7-8,14,16H,6,9-12H2,1H3. The van der Waals surface area contributed by atoms with E-state index in [-0.39, 0.29) is 11.2 Å². The molecule has 2 atom stereocenters. The number of rotatable bonds is 2. The molecule has 0 saturated carbocycles. The molecule has 5 rings (SSSR count). The van der Waals surface area contributed by atoms with Gasteiger partial charge in [0.2, 0.25) is 0 Å². The minimum absolute atomic E-state index is 0.0947. The van der Waals surface area contributed by atoms with Crippen molar-refractivity contribution in [3.8, 4) is 0 Å². The highest BCUT2D eigenvalue weighted by Gasteiger charge is 2.34. The zero-order valence-electron chi connectivity index (χ0n) is 15.7. The van der Waals surface area contributed by atoms with Gasteiger partial charge in [-0.05, 0) is 48.6 Å². The lowest BCUT2D eigenvalue weighted by Crippen LogP contribution is -2.46. The Bertz CT molecular complexity index is 1200. The average molecular weight is 397 g/mol. The van der Waals surface area contributed by atoms with Crippen molar-refractivity contribution in [3.05, 3.63) is 79.0 Å². The van der Waals surface area contributed by atoms with Gasteiger partial charge >= 0.3 is 5.63 Å². The molecule has 2 aliphatic heterocycles. The first-order chi connectivity index (χ1) is 13.5. The van der Waals surface area contributed by atoms with E-state index in [1.54, 1.807) is 12.1 Å². The molecule has 6 heteroatoms. The first-order valence-corrected chi connectivity index (χ1v) is 10.0. The molecule has 0 amide bonds. The number of aromatic nitrogens is 1. The molecule has 28 heavy (non-hydrogen) atoms. The topological polar surface area (TPSA) is 55.5 Å². The lowest BCUT2D eigenvalue weighted by atomic mass is 9.83. The van der Waals surface area contributed by atoms with Gasteiger partial charge in [-0.2, -0.15) is 0 Å². The largest absolute Gasteiger partial charge is 0.423 e. The number of halogens is 1. The SMILES string of the molecule is Cc1cc2oc(=O)cc(CN3CC4CC(C3)c3cccc(=O)n3C4)c2cc1Cl. The second-order valence-corrected chi connectivity index (χ2v) is 8.49. The normalized spacial score (nSPS) is 21.6. The van der Waals surface area contributed by atoms with Crippen LogP contribution in [-0.4, -0.2) is 22.6 Å². The summed E-state index contributed by atoms with van der Waals surface area (Å²) in [6.45, 7) is 5.13. The number of piperidine rings is 1. The van der Waals surface area contributed by atoms with Gasteiger partial charge in [-0.3, -0.25) is 9.69 Å². The molecule has 4 heterocycles. The first-order valence-electron chi connectivity index (χ1n) is 9.63. The third-order valence-corrected chi connectivity index (χ3v) is 6.47. The van der Waals surface area contributed by atoms with Crippen molar-refractivity contribution in [1.29, 1.82) is 0 Å². The highest BCUT2D eigenvalue weighted by Crippen LogP contribution is 2.36. The summed E-state index contributed by atoms with van der Waals surface area (Å²) in [4.78, 5) is 26.7. The van der Waals surface area contributed by atoms with Crippen LogP contribution in [0.3, 0.4) is 0 Å².